The average Bonchev–Trinajstić information content (AvgIpc) is 3.21. The summed E-state index contributed by atoms with van der Waals surface area (Å²) in [6.07, 6.45) is 1.20. The van der Waals surface area contributed by atoms with Gasteiger partial charge in [0.05, 0.1) is 17.8 Å². The SMILES string of the molecule is Cc1ccc(-n2nc(C)c(CC(=O)NCCc3cccs3)c2C)cc1Cl. The van der Waals surface area contributed by atoms with Crippen LogP contribution in [0.3, 0.4) is 0 Å². The van der Waals surface area contributed by atoms with Gasteiger partial charge in [0.1, 0.15) is 0 Å². The molecule has 0 saturated heterocycles. The molecule has 1 amide bonds. The van der Waals surface area contributed by atoms with Crippen molar-refractivity contribution in [1.29, 1.82) is 0 Å². The molecule has 2 heterocycles. The van der Waals surface area contributed by atoms with Gasteiger partial charge < -0.3 is 5.32 Å². The van der Waals surface area contributed by atoms with Crippen LogP contribution in [0.5, 0.6) is 0 Å². The average molecular weight is 388 g/mol. The molecule has 26 heavy (non-hydrogen) atoms. The minimum Gasteiger partial charge on any atom is -0.355 e. The molecule has 136 valence electrons. The van der Waals surface area contributed by atoms with Gasteiger partial charge in [-0.3, -0.25) is 4.79 Å². The molecular formula is C20H22ClN3OS. The largest absolute Gasteiger partial charge is 0.355 e. The van der Waals surface area contributed by atoms with Gasteiger partial charge in [-0.15, -0.1) is 11.3 Å². The normalized spacial score (nSPS) is 10.9. The predicted octanol–water partition coefficient (Wildman–Crippen LogP) is 4.41. The minimum absolute atomic E-state index is 0.0224. The lowest BCUT2D eigenvalue weighted by Gasteiger charge is -2.08. The Morgan fingerprint density at radius 3 is 2.77 bits per heavy atom. The summed E-state index contributed by atoms with van der Waals surface area (Å²) >= 11 is 7.95. The summed E-state index contributed by atoms with van der Waals surface area (Å²) in [6, 6.07) is 9.99. The van der Waals surface area contributed by atoms with E-state index in [1.807, 2.05) is 49.7 Å². The van der Waals surface area contributed by atoms with E-state index in [1.165, 1.54) is 4.88 Å². The molecule has 1 aromatic carbocycles. The van der Waals surface area contributed by atoms with Gasteiger partial charge in [-0.05, 0) is 56.3 Å². The molecular weight excluding hydrogens is 366 g/mol. The van der Waals surface area contributed by atoms with E-state index in [-0.39, 0.29) is 5.91 Å². The lowest BCUT2D eigenvalue weighted by molar-refractivity contribution is -0.120. The standard InChI is InChI=1S/C20H22ClN3OS/c1-13-6-7-16(11-19(13)21)24-15(3)18(14(2)23-24)12-20(25)22-9-8-17-5-4-10-26-17/h4-7,10-11H,8-9,12H2,1-3H3,(H,22,25). The summed E-state index contributed by atoms with van der Waals surface area (Å²) in [5.41, 5.74) is 4.74. The van der Waals surface area contributed by atoms with Crippen LogP contribution in [-0.2, 0) is 17.6 Å². The van der Waals surface area contributed by atoms with Gasteiger partial charge in [0.25, 0.3) is 0 Å². The quantitative estimate of drug-likeness (QED) is 0.680. The van der Waals surface area contributed by atoms with Crippen LogP contribution in [-0.4, -0.2) is 22.2 Å². The predicted molar refractivity (Wildman–Crippen MR) is 108 cm³/mol. The van der Waals surface area contributed by atoms with Gasteiger partial charge in [0, 0.05) is 27.7 Å². The first-order valence-electron chi connectivity index (χ1n) is 8.56. The number of carbonyl (C=O) groups excluding carboxylic acids is 1. The van der Waals surface area contributed by atoms with Crippen molar-refractivity contribution in [3.63, 3.8) is 0 Å². The molecule has 0 fully saturated rings. The van der Waals surface area contributed by atoms with Gasteiger partial charge in [-0.25, -0.2) is 4.68 Å². The second-order valence-electron chi connectivity index (χ2n) is 6.35. The number of hydrogen-bond donors (Lipinski definition) is 1. The summed E-state index contributed by atoms with van der Waals surface area (Å²) in [5, 5.41) is 10.4. The number of benzene rings is 1. The fraction of sp³-hybridized carbons (Fsp3) is 0.300. The number of nitrogens with one attached hydrogen (secondary N) is 1. The Morgan fingerprint density at radius 2 is 2.08 bits per heavy atom. The topological polar surface area (TPSA) is 46.9 Å². The van der Waals surface area contributed by atoms with Crippen LogP contribution in [0.4, 0.5) is 0 Å². The first kappa shape index (κ1) is 18.7. The molecule has 0 saturated carbocycles. The van der Waals surface area contributed by atoms with Crippen molar-refractivity contribution >= 4 is 28.8 Å². The Morgan fingerprint density at radius 1 is 1.27 bits per heavy atom. The summed E-state index contributed by atoms with van der Waals surface area (Å²) in [4.78, 5) is 13.6. The zero-order valence-corrected chi connectivity index (χ0v) is 16.7. The van der Waals surface area contributed by atoms with Crippen molar-refractivity contribution in [2.24, 2.45) is 0 Å². The van der Waals surface area contributed by atoms with Crippen LogP contribution in [0.25, 0.3) is 5.69 Å². The third-order valence-corrected chi connectivity index (χ3v) is 5.80. The lowest BCUT2D eigenvalue weighted by Crippen LogP contribution is -2.27. The number of aromatic nitrogens is 2. The monoisotopic (exact) mass is 387 g/mol. The molecule has 2 aromatic heterocycles. The molecule has 0 aliphatic carbocycles. The highest BCUT2D eigenvalue weighted by molar-refractivity contribution is 7.09. The lowest BCUT2D eigenvalue weighted by atomic mass is 10.1. The Bertz CT molecular complexity index is 916. The number of halogens is 1. The molecule has 1 N–H and O–H groups in total. The van der Waals surface area contributed by atoms with Crippen LogP contribution in [0.1, 0.15) is 27.4 Å². The highest BCUT2D eigenvalue weighted by Crippen LogP contribution is 2.23. The Balaban J connectivity index is 1.69. The van der Waals surface area contributed by atoms with Gasteiger partial charge in [0.15, 0.2) is 0 Å². The zero-order chi connectivity index (χ0) is 18.7. The fourth-order valence-corrected chi connectivity index (χ4v) is 3.78. The van der Waals surface area contributed by atoms with Crippen LogP contribution in [0, 0.1) is 20.8 Å². The highest BCUT2D eigenvalue weighted by Gasteiger charge is 2.16. The third-order valence-electron chi connectivity index (χ3n) is 4.45. The molecule has 6 heteroatoms. The van der Waals surface area contributed by atoms with Gasteiger partial charge in [-0.2, -0.15) is 5.10 Å². The second-order valence-corrected chi connectivity index (χ2v) is 7.79. The molecule has 0 bridgehead atoms. The number of thiophene rings is 1. The Kier molecular flexibility index (Phi) is 5.79. The van der Waals surface area contributed by atoms with Gasteiger partial charge in [0.2, 0.25) is 5.91 Å². The molecule has 0 unspecified atom stereocenters. The molecule has 0 aliphatic heterocycles. The molecule has 0 spiro atoms. The van der Waals surface area contributed by atoms with Crippen molar-refractivity contribution in [2.75, 3.05) is 6.54 Å². The van der Waals surface area contributed by atoms with Crippen molar-refractivity contribution in [3.05, 3.63) is 68.1 Å². The minimum atomic E-state index is 0.0224. The van der Waals surface area contributed by atoms with E-state index in [0.717, 1.165) is 34.6 Å². The van der Waals surface area contributed by atoms with Crippen LogP contribution in [0.2, 0.25) is 5.02 Å². The van der Waals surface area contributed by atoms with E-state index in [9.17, 15) is 4.79 Å². The summed E-state index contributed by atoms with van der Waals surface area (Å²) in [6.45, 7) is 6.55. The van der Waals surface area contributed by atoms with Gasteiger partial charge >= 0.3 is 0 Å². The first-order chi connectivity index (χ1) is 12.5. The van der Waals surface area contributed by atoms with E-state index in [1.54, 1.807) is 11.3 Å². The Labute approximate surface area is 162 Å². The maximum Gasteiger partial charge on any atom is 0.224 e. The summed E-state index contributed by atoms with van der Waals surface area (Å²) in [5.74, 6) is 0.0224. The van der Waals surface area contributed by atoms with E-state index >= 15 is 0 Å². The number of rotatable bonds is 6. The molecule has 3 rings (SSSR count). The van der Waals surface area contributed by atoms with Crippen molar-refractivity contribution in [3.8, 4) is 5.69 Å². The van der Waals surface area contributed by atoms with Crippen molar-refractivity contribution in [1.82, 2.24) is 15.1 Å². The number of hydrogen-bond acceptors (Lipinski definition) is 3. The van der Waals surface area contributed by atoms with E-state index < -0.39 is 0 Å². The van der Waals surface area contributed by atoms with E-state index in [0.29, 0.717) is 18.0 Å². The van der Waals surface area contributed by atoms with Crippen molar-refractivity contribution in [2.45, 2.75) is 33.6 Å². The summed E-state index contributed by atoms with van der Waals surface area (Å²) < 4.78 is 1.86. The maximum absolute atomic E-state index is 12.3. The first-order valence-corrected chi connectivity index (χ1v) is 9.82. The van der Waals surface area contributed by atoms with Crippen LogP contribution in [0.15, 0.2) is 35.7 Å². The Hall–Kier alpha value is -2.11. The van der Waals surface area contributed by atoms with E-state index in [2.05, 4.69) is 21.9 Å². The van der Waals surface area contributed by atoms with Crippen LogP contribution >= 0.6 is 22.9 Å². The third kappa shape index (κ3) is 4.17. The van der Waals surface area contributed by atoms with Crippen LogP contribution < -0.4 is 5.32 Å². The smallest absolute Gasteiger partial charge is 0.224 e. The second kappa shape index (κ2) is 8.06. The van der Waals surface area contributed by atoms with E-state index in [4.69, 9.17) is 11.6 Å². The van der Waals surface area contributed by atoms with Crippen molar-refractivity contribution < 1.29 is 4.79 Å². The molecule has 0 radical (unpaired) electrons. The number of nitrogens with zero attached hydrogens (tertiary/aromatic N) is 2. The molecule has 4 nitrogen and oxygen atoms in total. The highest BCUT2D eigenvalue weighted by atomic mass is 35.5. The number of aryl methyl sites for hydroxylation is 2. The molecule has 0 atom stereocenters. The molecule has 3 aromatic rings. The number of carbonyl (C=O) groups is 1. The molecule has 0 aliphatic rings. The number of amides is 1. The summed E-state index contributed by atoms with van der Waals surface area (Å²) in [7, 11) is 0. The maximum atomic E-state index is 12.3. The van der Waals surface area contributed by atoms with Gasteiger partial charge in [-0.1, -0.05) is 23.7 Å². The fourth-order valence-electron chi connectivity index (χ4n) is 2.90. The zero-order valence-electron chi connectivity index (χ0n) is 15.2.